The van der Waals surface area contributed by atoms with Crippen LogP contribution in [0.4, 0.5) is 0 Å². The van der Waals surface area contributed by atoms with Crippen molar-refractivity contribution in [1.29, 1.82) is 0 Å². The molecule has 0 spiro atoms. The molecule has 3 heteroatoms. The molecule has 0 aliphatic heterocycles. The van der Waals surface area contributed by atoms with Crippen LogP contribution in [0.1, 0.15) is 35.8 Å². The van der Waals surface area contributed by atoms with Crippen molar-refractivity contribution < 1.29 is 4.42 Å². The van der Waals surface area contributed by atoms with E-state index < -0.39 is 0 Å². The van der Waals surface area contributed by atoms with Crippen molar-refractivity contribution in [2.75, 3.05) is 13.6 Å². The van der Waals surface area contributed by atoms with Gasteiger partial charge in [0.25, 0.3) is 0 Å². The zero-order valence-electron chi connectivity index (χ0n) is 13.4. The van der Waals surface area contributed by atoms with Gasteiger partial charge in [0.05, 0.1) is 12.8 Å². The monoisotopic (exact) mass is 286 g/mol. The molecule has 0 fully saturated rings. The van der Waals surface area contributed by atoms with E-state index in [-0.39, 0.29) is 0 Å². The van der Waals surface area contributed by atoms with Crippen molar-refractivity contribution in [3.05, 3.63) is 59.0 Å². The number of rotatable bonds is 8. The normalized spacial score (nSPS) is 11.2. The van der Waals surface area contributed by atoms with Crippen LogP contribution in [0.5, 0.6) is 0 Å². The molecule has 0 radical (unpaired) electrons. The Bertz CT molecular complexity index is 548. The van der Waals surface area contributed by atoms with Gasteiger partial charge in [-0.3, -0.25) is 4.90 Å². The maximum Gasteiger partial charge on any atom is 0.118 e. The van der Waals surface area contributed by atoms with Gasteiger partial charge in [-0.1, -0.05) is 31.2 Å². The third kappa shape index (κ3) is 5.03. The summed E-state index contributed by atoms with van der Waals surface area (Å²) in [6.07, 6.45) is 3.02. The molecule has 114 valence electrons. The van der Waals surface area contributed by atoms with Crippen molar-refractivity contribution in [3.8, 4) is 0 Å². The largest absolute Gasteiger partial charge is 0.468 e. The fourth-order valence-corrected chi connectivity index (χ4v) is 2.41. The molecule has 0 bridgehead atoms. The average molecular weight is 286 g/mol. The lowest BCUT2D eigenvalue weighted by atomic mass is 10.1. The molecule has 0 aliphatic carbocycles. The van der Waals surface area contributed by atoms with Crippen LogP contribution in [0.25, 0.3) is 0 Å². The fourth-order valence-electron chi connectivity index (χ4n) is 2.41. The molecule has 0 saturated heterocycles. The minimum Gasteiger partial charge on any atom is -0.468 e. The predicted octanol–water partition coefficient (Wildman–Crippen LogP) is 3.72. The van der Waals surface area contributed by atoms with Gasteiger partial charge < -0.3 is 9.73 Å². The summed E-state index contributed by atoms with van der Waals surface area (Å²) >= 11 is 0. The highest BCUT2D eigenvalue weighted by Gasteiger charge is 2.07. The van der Waals surface area contributed by atoms with Crippen LogP contribution in [0.3, 0.4) is 0 Å². The third-order valence-electron chi connectivity index (χ3n) is 3.59. The second-order valence-electron chi connectivity index (χ2n) is 5.70. The van der Waals surface area contributed by atoms with Crippen LogP contribution in [-0.2, 0) is 19.6 Å². The van der Waals surface area contributed by atoms with E-state index in [9.17, 15) is 0 Å². The first-order valence-electron chi connectivity index (χ1n) is 7.69. The topological polar surface area (TPSA) is 28.4 Å². The molecule has 21 heavy (non-hydrogen) atoms. The SMILES string of the molecule is CCCNCc1coc(CN(C)Cc2ccccc2C)c1. The second-order valence-corrected chi connectivity index (χ2v) is 5.70. The Morgan fingerprint density at radius 1 is 1.19 bits per heavy atom. The first-order valence-corrected chi connectivity index (χ1v) is 7.69. The zero-order chi connectivity index (χ0) is 15.1. The quantitative estimate of drug-likeness (QED) is 0.750. The van der Waals surface area contributed by atoms with E-state index in [0.29, 0.717) is 0 Å². The molecule has 2 rings (SSSR count). The highest BCUT2D eigenvalue weighted by atomic mass is 16.3. The first kappa shape index (κ1) is 15.8. The lowest BCUT2D eigenvalue weighted by molar-refractivity contribution is 0.287. The number of hydrogen-bond acceptors (Lipinski definition) is 3. The van der Waals surface area contributed by atoms with Gasteiger partial charge in [-0.15, -0.1) is 0 Å². The standard InChI is InChI=1S/C18H26N2O/c1-4-9-19-11-16-10-18(21-14-16)13-20(3)12-17-8-6-5-7-15(17)2/h5-8,10,14,19H,4,9,11-13H2,1-3H3. The molecule has 3 nitrogen and oxygen atoms in total. The third-order valence-corrected chi connectivity index (χ3v) is 3.59. The van der Waals surface area contributed by atoms with Gasteiger partial charge in [0, 0.05) is 18.7 Å². The van der Waals surface area contributed by atoms with Gasteiger partial charge in [-0.2, -0.15) is 0 Å². The maximum atomic E-state index is 5.65. The summed E-state index contributed by atoms with van der Waals surface area (Å²) in [5.41, 5.74) is 3.94. The Morgan fingerprint density at radius 3 is 2.76 bits per heavy atom. The fraction of sp³-hybridized carbons (Fsp3) is 0.444. The Kier molecular flexibility index (Phi) is 6.03. The van der Waals surface area contributed by atoms with Crippen molar-refractivity contribution in [2.24, 2.45) is 0 Å². The van der Waals surface area contributed by atoms with Gasteiger partial charge in [0.2, 0.25) is 0 Å². The van der Waals surface area contributed by atoms with Gasteiger partial charge in [0.15, 0.2) is 0 Å². The molecule has 1 aromatic carbocycles. The van der Waals surface area contributed by atoms with E-state index in [1.165, 1.54) is 16.7 Å². The van der Waals surface area contributed by atoms with Crippen LogP contribution >= 0.6 is 0 Å². The first-order chi connectivity index (χ1) is 10.2. The number of nitrogens with one attached hydrogen (secondary N) is 1. The highest BCUT2D eigenvalue weighted by Crippen LogP contribution is 2.14. The molecule has 0 saturated carbocycles. The van der Waals surface area contributed by atoms with Crippen molar-refractivity contribution in [1.82, 2.24) is 10.2 Å². The molecule has 0 aliphatic rings. The highest BCUT2D eigenvalue weighted by molar-refractivity contribution is 5.25. The summed E-state index contributed by atoms with van der Waals surface area (Å²) in [7, 11) is 2.13. The molecule has 0 atom stereocenters. The van der Waals surface area contributed by atoms with Gasteiger partial charge in [-0.25, -0.2) is 0 Å². The molecule has 1 N–H and O–H groups in total. The lowest BCUT2D eigenvalue weighted by Crippen LogP contribution is -2.17. The van der Waals surface area contributed by atoms with E-state index >= 15 is 0 Å². The zero-order valence-corrected chi connectivity index (χ0v) is 13.4. The number of benzene rings is 1. The Labute approximate surface area is 128 Å². The molecule has 0 unspecified atom stereocenters. The molecular formula is C18H26N2O. The summed E-state index contributed by atoms with van der Waals surface area (Å²) < 4.78 is 5.65. The summed E-state index contributed by atoms with van der Waals surface area (Å²) in [5, 5.41) is 3.39. The van der Waals surface area contributed by atoms with E-state index in [4.69, 9.17) is 4.42 Å². The second kappa shape index (κ2) is 8.01. The van der Waals surface area contributed by atoms with Crippen LogP contribution in [-0.4, -0.2) is 18.5 Å². The molecule has 2 aromatic rings. The van der Waals surface area contributed by atoms with E-state index in [0.717, 1.165) is 38.4 Å². The van der Waals surface area contributed by atoms with Gasteiger partial charge in [0.1, 0.15) is 5.76 Å². The Morgan fingerprint density at radius 2 is 2.00 bits per heavy atom. The molecule has 1 aromatic heterocycles. The number of furan rings is 1. The summed E-state index contributed by atoms with van der Waals surface area (Å²) in [6, 6.07) is 10.7. The average Bonchev–Trinajstić information content (AvgIpc) is 2.89. The summed E-state index contributed by atoms with van der Waals surface area (Å²) in [4.78, 5) is 2.28. The van der Waals surface area contributed by atoms with Crippen molar-refractivity contribution in [2.45, 2.75) is 39.9 Å². The van der Waals surface area contributed by atoms with Crippen molar-refractivity contribution >= 4 is 0 Å². The number of hydrogen-bond donors (Lipinski definition) is 1. The minimum atomic E-state index is 0.835. The molecule has 1 heterocycles. The smallest absolute Gasteiger partial charge is 0.118 e. The minimum absolute atomic E-state index is 0.835. The van der Waals surface area contributed by atoms with E-state index in [1.54, 1.807) is 0 Å². The van der Waals surface area contributed by atoms with Gasteiger partial charge >= 0.3 is 0 Å². The maximum absolute atomic E-state index is 5.65. The van der Waals surface area contributed by atoms with Crippen LogP contribution in [0.2, 0.25) is 0 Å². The number of nitrogens with zero attached hydrogens (tertiary/aromatic N) is 1. The Balaban J connectivity index is 1.85. The predicted molar refractivity (Wildman–Crippen MR) is 87.1 cm³/mol. The van der Waals surface area contributed by atoms with Crippen LogP contribution in [0.15, 0.2) is 41.0 Å². The lowest BCUT2D eigenvalue weighted by Gasteiger charge is -2.16. The number of aryl methyl sites for hydroxylation is 1. The summed E-state index contributed by atoms with van der Waals surface area (Å²) in [5.74, 6) is 1.03. The summed E-state index contributed by atoms with van der Waals surface area (Å²) in [6.45, 7) is 8.05. The Hall–Kier alpha value is -1.58. The van der Waals surface area contributed by atoms with E-state index in [2.05, 4.69) is 61.4 Å². The van der Waals surface area contributed by atoms with Crippen LogP contribution < -0.4 is 5.32 Å². The van der Waals surface area contributed by atoms with Crippen molar-refractivity contribution in [3.63, 3.8) is 0 Å². The van der Waals surface area contributed by atoms with Crippen LogP contribution in [0, 0.1) is 6.92 Å². The van der Waals surface area contributed by atoms with Gasteiger partial charge in [-0.05, 0) is 44.1 Å². The van der Waals surface area contributed by atoms with E-state index in [1.807, 2.05) is 6.26 Å². The molecular weight excluding hydrogens is 260 g/mol. The molecule has 0 amide bonds.